The predicted octanol–water partition coefficient (Wildman–Crippen LogP) is 3.36. The highest BCUT2D eigenvalue weighted by atomic mass is 35.5. The molecule has 0 aliphatic carbocycles. The summed E-state index contributed by atoms with van der Waals surface area (Å²) in [4.78, 5) is 14.7. The van der Waals surface area contributed by atoms with E-state index < -0.39 is 11.8 Å². The van der Waals surface area contributed by atoms with E-state index in [2.05, 4.69) is 4.98 Å². The van der Waals surface area contributed by atoms with Crippen molar-refractivity contribution < 1.29 is 19.0 Å². The van der Waals surface area contributed by atoms with E-state index in [-0.39, 0.29) is 22.1 Å². The van der Waals surface area contributed by atoms with Crippen LogP contribution in [0.5, 0.6) is 11.5 Å². The van der Waals surface area contributed by atoms with Crippen molar-refractivity contribution in [2.45, 2.75) is 0 Å². The van der Waals surface area contributed by atoms with Crippen molar-refractivity contribution in [3.05, 3.63) is 53.1 Å². The van der Waals surface area contributed by atoms with Gasteiger partial charge in [0.15, 0.2) is 5.75 Å². The second-order valence-electron chi connectivity index (χ2n) is 3.35. The van der Waals surface area contributed by atoms with Gasteiger partial charge >= 0.3 is 5.97 Å². The molecule has 92 valence electrons. The molecule has 0 aliphatic rings. The molecule has 0 bridgehead atoms. The van der Waals surface area contributed by atoms with Crippen molar-refractivity contribution in [2.75, 3.05) is 0 Å². The fourth-order valence-electron chi connectivity index (χ4n) is 1.31. The molecule has 1 aromatic heterocycles. The molecule has 2 aromatic rings. The van der Waals surface area contributed by atoms with Crippen LogP contribution in [0.25, 0.3) is 0 Å². The number of hydrogen-bond donors (Lipinski definition) is 1. The average Bonchev–Trinajstić information content (AvgIpc) is 2.33. The van der Waals surface area contributed by atoms with Crippen LogP contribution in [-0.4, -0.2) is 16.1 Å². The molecule has 2 rings (SSSR count). The molecule has 0 unspecified atom stereocenters. The normalized spacial score (nSPS) is 10.1. The molecule has 0 atom stereocenters. The summed E-state index contributed by atoms with van der Waals surface area (Å²) in [5, 5.41) is 9.01. The molecule has 18 heavy (non-hydrogen) atoms. The number of benzene rings is 1. The van der Waals surface area contributed by atoms with Gasteiger partial charge < -0.3 is 9.84 Å². The van der Waals surface area contributed by atoms with Crippen molar-refractivity contribution in [1.82, 2.24) is 4.98 Å². The maximum absolute atomic E-state index is 12.8. The molecule has 4 nitrogen and oxygen atoms in total. The van der Waals surface area contributed by atoms with Gasteiger partial charge in [0, 0.05) is 6.20 Å². The van der Waals surface area contributed by atoms with Gasteiger partial charge in [0.1, 0.15) is 17.1 Å². The van der Waals surface area contributed by atoms with Gasteiger partial charge in [-0.05, 0) is 24.3 Å². The van der Waals surface area contributed by atoms with Crippen LogP contribution in [0.1, 0.15) is 10.4 Å². The molecule has 0 radical (unpaired) electrons. The molecule has 0 fully saturated rings. The highest BCUT2D eigenvalue weighted by Gasteiger charge is 2.13. The van der Waals surface area contributed by atoms with E-state index in [0.29, 0.717) is 0 Å². The van der Waals surface area contributed by atoms with Crippen molar-refractivity contribution in [1.29, 1.82) is 0 Å². The summed E-state index contributed by atoms with van der Waals surface area (Å²) in [6, 6.07) is 4.86. The standard InChI is InChI=1S/C12H7ClFNO3/c13-9-5-7(14)1-2-10(9)18-11-6-15-4-3-8(11)12(16)17/h1-6H,(H,16,17). The number of nitrogens with zero attached hydrogens (tertiary/aromatic N) is 1. The lowest BCUT2D eigenvalue weighted by molar-refractivity contribution is 0.0694. The molecule has 0 amide bonds. The molecule has 1 heterocycles. The lowest BCUT2D eigenvalue weighted by Crippen LogP contribution is -2.00. The van der Waals surface area contributed by atoms with Crippen LogP contribution in [0.15, 0.2) is 36.7 Å². The van der Waals surface area contributed by atoms with Crippen LogP contribution < -0.4 is 4.74 Å². The maximum Gasteiger partial charge on any atom is 0.339 e. The molecule has 0 saturated heterocycles. The van der Waals surface area contributed by atoms with E-state index >= 15 is 0 Å². The number of aromatic carboxylic acids is 1. The first-order valence-corrected chi connectivity index (χ1v) is 5.26. The Labute approximate surface area is 107 Å². The molecule has 1 aromatic carbocycles. The minimum absolute atomic E-state index is 0.0403. The smallest absolute Gasteiger partial charge is 0.339 e. The van der Waals surface area contributed by atoms with Gasteiger partial charge in [0.25, 0.3) is 0 Å². The van der Waals surface area contributed by atoms with Crippen molar-refractivity contribution in [3.8, 4) is 11.5 Å². The van der Waals surface area contributed by atoms with E-state index in [9.17, 15) is 9.18 Å². The van der Waals surface area contributed by atoms with Gasteiger partial charge in [0.2, 0.25) is 0 Å². The zero-order valence-corrected chi connectivity index (χ0v) is 9.69. The first-order valence-electron chi connectivity index (χ1n) is 4.88. The first kappa shape index (κ1) is 12.3. The Morgan fingerprint density at radius 3 is 2.78 bits per heavy atom. The summed E-state index contributed by atoms with van der Waals surface area (Å²) in [6.45, 7) is 0. The maximum atomic E-state index is 12.8. The Bertz CT molecular complexity index is 604. The lowest BCUT2D eigenvalue weighted by atomic mass is 10.2. The Hall–Kier alpha value is -2.14. The minimum atomic E-state index is -1.15. The molecule has 0 saturated carbocycles. The highest BCUT2D eigenvalue weighted by molar-refractivity contribution is 6.32. The van der Waals surface area contributed by atoms with Crippen LogP contribution in [0.3, 0.4) is 0 Å². The van der Waals surface area contributed by atoms with Crippen LogP contribution in [-0.2, 0) is 0 Å². The van der Waals surface area contributed by atoms with Gasteiger partial charge in [-0.2, -0.15) is 0 Å². The van der Waals surface area contributed by atoms with E-state index in [1.165, 1.54) is 24.5 Å². The molecular weight excluding hydrogens is 261 g/mol. The SMILES string of the molecule is O=C(O)c1ccncc1Oc1ccc(F)cc1Cl. The fraction of sp³-hybridized carbons (Fsp3) is 0. The number of ether oxygens (including phenoxy) is 1. The topological polar surface area (TPSA) is 59.4 Å². The van der Waals surface area contributed by atoms with Gasteiger partial charge in [-0.15, -0.1) is 0 Å². The monoisotopic (exact) mass is 267 g/mol. The summed E-state index contributed by atoms with van der Waals surface area (Å²) in [5.74, 6) is -1.45. The number of aromatic nitrogens is 1. The highest BCUT2D eigenvalue weighted by Crippen LogP contribution is 2.31. The van der Waals surface area contributed by atoms with E-state index in [4.69, 9.17) is 21.4 Å². The van der Waals surface area contributed by atoms with Crippen LogP contribution >= 0.6 is 11.6 Å². The van der Waals surface area contributed by atoms with Crippen molar-refractivity contribution >= 4 is 17.6 Å². The molecule has 0 aliphatic heterocycles. The van der Waals surface area contributed by atoms with Crippen LogP contribution in [0, 0.1) is 5.82 Å². The second-order valence-corrected chi connectivity index (χ2v) is 3.76. The Balaban J connectivity index is 2.37. The van der Waals surface area contributed by atoms with Gasteiger partial charge in [0.05, 0.1) is 11.2 Å². The summed E-state index contributed by atoms with van der Waals surface area (Å²) < 4.78 is 18.2. The van der Waals surface area contributed by atoms with E-state index in [1.54, 1.807) is 0 Å². The lowest BCUT2D eigenvalue weighted by Gasteiger charge is -2.09. The molecular formula is C12H7ClFNO3. The molecule has 1 N–H and O–H groups in total. The number of pyridine rings is 1. The number of halogens is 2. The summed E-state index contributed by atoms with van der Waals surface area (Å²) in [6.07, 6.45) is 2.59. The second kappa shape index (κ2) is 5.01. The third-order valence-corrected chi connectivity index (χ3v) is 2.42. The summed E-state index contributed by atoms with van der Waals surface area (Å²) >= 11 is 5.78. The van der Waals surface area contributed by atoms with Gasteiger partial charge in [-0.1, -0.05) is 11.6 Å². The quantitative estimate of drug-likeness (QED) is 0.926. The predicted molar refractivity (Wildman–Crippen MR) is 62.7 cm³/mol. The first-order chi connectivity index (χ1) is 8.58. The van der Waals surface area contributed by atoms with Crippen molar-refractivity contribution in [3.63, 3.8) is 0 Å². The number of hydrogen-bond acceptors (Lipinski definition) is 3. The Morgan fingerprint density at radius 1 is 1.33 bits per heavy atom. The zero-order valence-electron chi connectivity index (χ0n) is 8.93. The number of carboxylic acids is 1. The summed E-state index contributed by atoms with van der Waals surface area (Å²) in [5.41, 5.74) is -0.0506. The fourth-order valence-corrected chi connectivity index (χ4v) is 1.52. The number of carbonyl (C=O) groups is 1. The van der Waals surface area contributed by atoms with Crippen molar-refractivity contribution in [2.24, 2.45) is 0 Å². The summed E-state index contributed by atoms with van der Waals surface area (Å²) in [7, 11) is 0. The Morgan fingerprint density at radius 2 is 2.11 bits per heavy atom. The van der Waals surface area contributed by atoms with Crippen LogP contribution in [0.2, 0.25) is 5.02 Å². The van der Waals surface area contributed by atoms with Crippen LogP contribution in [0.4, 0.5) is 4.39 Å². The third-order valence-electron chi connectivity index (χ3n) is 2.13. The Kier molecular flexibility index (Phi) is 3.43. The van der Waals surface area contributed by atoms with E-state index in [1.807, 2.05) is 0 Å². The number of carboxylic acid groups (broad SMARTS) is 1. The van der Waals surface area contributed by atoms with Gasteiger partial charge in [-0.3, -0.25) is 4.98 Å². The molecule has 0 spiro atoms. The largest absolute Gasteiger partial charge is 0.478 e. The van der Waals surface area contributed by atoms with Gasteiger partial charge in [-0.25, -0.2) is 9.18 Å². The zero-order chi connectivity index (χ0) is 13.1. The third kappa shape index (κ3) is 2.57. The average molecular weight is 268 g/mol. The number of rotatable bonds is 3. The minimum Gasteiger partial charge on any atom is -0.478 e. The van der Waals surface area contributed by atoms with E-state index in [0.717, 1.165) is 12.1 Å². The molecule has 6 heteroatoms.